The Morgan fingerprint density at radius 1 is 1.18 bits per heavy atom. The molecule has 88 valence electrons. The van der Waals surface area contributed by atoms with Crippen molar-refractivity contribution < 1.29 is 9.13 Å². The van der Waals surface area contributed by atoms with E-state index in [0.717, 1.165) is 15.8 Å². The summed E-state index contributed by atoms with van der Waals surface area (Å²) in [6.45, 7) is 0.310. The zero-order chi connectivity index (χ0) is 12.3. The highest BCUT2D eigenvalue weighted by atomic mass is 79.9. The number of rotatable bonds is 3. The Balaban J connectivity index is 2.05. The summed E-state index contributed by atoms with van der Waals surface area (Å²) in [6, 6.07) is 12.1. The Hall–Kier alpha value is -1.06. The molecule has 0 atom stereocenters. The van der Waals surface area contributed by atoms with Gasteiger partial charge in [-0.1, -0.05) is 39.7 Å². The van der Waals surface area contributed by atoms with E-state index in [4.69, 9.17) is 16.3 Å². The molecule has 2 rings (SSSR count). The third-order valence-corrected chi connectivity index (χ3v) is 2.99. The van der Waals surface area contributed by atoms with Crippen LogP contribution < -0.4 is 4.74 Å². The predicted octanol–water partition coefficient (Wildman–Crippen LogP) is 4.82. The predicted molar refractivity (Wildman–Crippen MR) is 69.9 cm³/mol. The van der Waals surface area contributed by atoms with Gasteiger partial charge in [0.2, 0.25) is 0 Å². The summed E-state index contributed by atoms with van der Waals surface area (Å²) in [5, 5.41) is 0.121. The second-order valence-corrected chi connectivity index (χ2v) is 4.82. The second kappa shape index (κ2) is 5.52. The average molecular weight is 316 g/mol. The van der Waals surface area contributed by atoms with Crippen molar-refractivity contribution in [2.24, 2.45) is 0 Å². The average Bonchev–Trinajstić information content (AvgIpc) is 2.31. The maximum atomic E-state index is 13.2. The van der Waals surface area contributed by atoms with E-state index in [1.54, 1.807) is 6.07 Å². The van der Waals surface area contributed by atoms with Gasteiger partial charge in [0.1, 0.15) is 18.2 Å². The molecule has 17 heavy (non-hydrogen) atoms. The van der Waals surface area contributed by atoms with Gasteiger partial charge in [0, 0.05) is 4.47 Å². The van der Waals surface area contributed by atoms with Crippen molar-refractivity contribution in [1.29, 1.82) is 0 Å². The molecule has 0 fully saturated rings. The molecular formula is C13H9BrClFO. The third-order valence-electron chi connectivity index (χ3n) is 2.19. The van der Waals surface area contributed by atoms with Crippen molar-refractivity contribution in [3.8, 4) is 5.75 Å². The molecule has 2 aromatic carbocycles. The van der Waals surface area contributed by atoms with Gasteiger partial charge in [-0.3, -0.25) is 0 Å². The lowest BCUT2D eigenvalue weighted by Gasteiger charge is -2.07. The molecule has 2 aromatic rings. The zero-order valence-electron chi connectivity index (χ0n) is 8.79. The number of benzene rings is 2. The van der Waals surface area contributed by atoms with E-state index < -0.39 is 5.82 Å². The first kappa shape index (κ1) is 12.4. The summed E-state index contributed by atoms with van der Waals surface area (Å²) in [5.74, 6) is 0.303. The summed E-state index contributed by atoms with van der Waals surface area (Å²) in [4.78, 5) is 0. The lowest BCUT2D eigenvalue weighted by molar-refractivity contribution is 0.305. The van der Waals surface area contributed by atoms with Crippen molar-refractivity contribution in [3.05, 3.63) is 63.3 Å². The van der Waals surface area contributed by atoms with Gasteiger partial charge in [-0.15, -0.1) is 0 Å². The molecule has 0 aliphatic rings. The van der Waals surface area contributed by atoms with Gasteiger partial charge in [-0.25, -0.2) is 4.39 Å². The minimum atomic E-state index is -0.429. The lowest BCUT2D eigenvalue weighted by Crippen LogP contribution is -1.96. The van der Waals surface area contributed by atoms with Crippen LogP contribution in [-0.4, -0.2) is 0 Å². The molecular weight excluding hydrogens is 306 g/mol. The van der Waals surface area contributed by atoms with Gasteiger partial charge >= 0.3 is 0 Å². The first-order valence-corrected chi connectivity index (χ1v) is 6.14. The Morgan fingerprint density at radius 3 is 2.71 bits per heavy atom. The van der Waals surface area contributed by atoms with Crippen LogP contribution in [0.25, 0.3) is 0 Å². The third kappa shape index (κ3) is 3.45. The quantitative estimate of drug-likeness (QED) is 0.789. The fraction of sp³-hybridized carbons (Fsp3) is 0.0769. The molecule has 0 N–H and O–H groups in total. The van der Waals surface area contributed by atoms with Crippen LogP contribution in [0.1, 0.15) is 5.56 Å². The van der Waals surface area contributed by atoms with Crippen LogP contribution in [0.4, 0.5) is 4.39 Å². The fourth-order valence-corrected chi connectivity index (χ4v) is 1.85. The van der Waals surface area contributed by atoms with Crippen LogP contribution >= 0.6 is 27.5 Å². The van der Waals surface area contributed by atoms with Crippen LogP contribution in [0.2, 0.25) is 5.02 Å². The highest BCUT2D eigenvalue weighted by Gasteiger charge is 2.02. The van der Waals surface area contributed by atoms with Crippen molar-refractivity contribution in [2.75, 3.05) is 0 Å². The monoisotopic (exact) mass is 314 g/mol. The molecule has 0 spiro atoms. The largest absolute Gasteiger partial charge is 0.489 e. The van der Waals surface area contributed by atoms with Crippen molar-refractivity contribution in [2.45, 2.75) is 6.61 Å². The Kier molecular flexibility index (Phi) is 4.02. The van der Waals surface area contributed by atoms with Gasteiger partial charge in [0.05, 0.1) is 5.02 Å². The summed E-state index contributed by atoms with van der Waals surface area (Å²) in [6.07, 6.45) is 0. The Bertz CT molecular complexity index is 531. The van der Waals surface area contributed by atoms with Gasteiger partial charge < -0.3 is 4.74 Å². The molecule has 0 unspecified atom stereocenters. The molecule has 0 heterocycles. The van der Waals surface area contributed by atoms with Crippen LogP contribution in [-0.2, 0) is 6.61 Å². The van der Waals surface area contributed by atoms with E-state index in [-0.39, 0.29) is 5.02 Å². The van der Waals surface area contributed by atoms with Gasteiger partial charge in [-0.05, 0) is 35.9 Å². The summed E-state index contributed by atoms with van der Waals surface area (Å²) in [7, 11) is 0. The standard InChI is InChI=1S/C13H9BrClFO/c14-10-2-1-3-11(7-10)17-8-9-4-5-12(15)13(16)6-9/h1-7H,8H2. The topological polar surface area (TPSA) is 9.23 Å². The lowest BCUT2D eigenvalue weighted by atomic mass is 10.2. The molecule has 0 aromatic heterocycles. The summed E-state index contributed by atoms with van der Waals surface area (Å²) in [5.41, 5.74) is 0.742. The highest BCUT2D eigenvalue weighted by molar-refractivity contribution is 9.10. The van der Waals surface area contributed by atoms with Crippen molar-refractivity contribution in [3.63, 3.8) is 0 Å². The minimum absolute atomic E-state index is 0.121. The van der Waals surface area contributed by atoms with E-state index in [2.05, 4.69) is 15.9 Å². The Labute approximate surface area is 112 Å². The normalized spacial score (nSPS) is 10.3. The maximum absolute atomic E-state index is 13.2. The van der Waals surface area contributed by atoms with Crippen LogP contribution in [0.15, 0.2) is 46.9 Å². The van der Waals surface area contributed by atoms with E-state index in [9.17, 15) is 4.39 Å². The van der Waals surface area contributed by atoms with Crippen molar-refractivity contribution >= 4 is 27.5 Å². The summed E-state index contributed by atoms with van der Waals surface area (Å²) >= 11 is 8.95. The molecule has 0 aliphatic carbocycles. The highest BCUT2D eigenvalue weighted by Crippen LogP contribution is 2.20. The molecule has 4 heteroatoms. The van der Waals surface area contributed by atoms with Crippen LogP contribution in [0.3, 0.4) is 0 Å². The minimum Gasteiger partial charge on any atom is -0.489 e. The SMILES string of the molecule is Fc1cc(COc2cccc(Br)c2)ccc1Cl. The first-order valence-electron chi connectivity index (χ1n) is 4.97. The van der Waals surface area contributed by atoms with E-state index in [1.807, 2.05) is 24.3 Å². The molecule has 0 radical (unpaired) electrons. The van der Waals surface area contributed by atoms with Gasteiger partial charge in [0.15, 0.2) is 0 Å². The smallest absolute Gasteiger partial charge is 0.142 e. The van der Waals surface area contributed by atoms with Gasteiger partial charge in [0.25, 0.3) is 0 Å². The molecule has 0 amide bonds. The zero-order valence-corrected chi connectivity index (χ0v) is 11.1. The van der Waals surface area contributed by atoms with E-state index in [1.165, 1.54) is 12.1 Å². The molecule has 0 bridgehead atoms. The maximum Gasteiger partial charge on any atom is 0.142 e. The number of hydrogen-bond donors (Lipinski definition) is 0. The van der Waals surface area contributed by atoms with E-state index in [0.29, 0.717) is 6.61 Å². The van der Waals surface area contributed by atoms with Crippen molar-refractivity contribution in [1.82, 2.24) is 0 Å². The number of hydrogen-bond acceptors (Lipinski definition) is 1. The fourth-order valence-electron chi connectivity index (χ4n) is 1.35. The first-order chi connectivity index (χ1) is 8.15. The summed E-state index contributed by atoms with van der Waals surface area (Å²) < 4.78 is 19.6. The molecule has 0 aliphatic heterocycles. The molecule has 0 saturated carbocycles. The van der Waals surface area contributed by atoms with Crippen LogP contribution in [0, 0.1) is 5.82 Å². The second-order valence-electron chi connectivity index (χ2n) is 3.49. The molecule has 0 saturated heterocycles. The Morgan fingerprint density at radius 2 is 2.00 bits per heavy atom. The molecule has 1 nitrogen and oxygen atoms in total. The van der Waals surface area contributed by atoms with E-state index >= 15 is 0 Å². The number of ether oxygens (including phenoxy) is 1. The van der Waals surface area contributed by atoms with Gasteiger partial charge in [-0.2, -0.15) is 0 Å². The van der Waals surface area contributed by atoms with Crippen LogP contribution in [0.5, 0.6) is 5.75 Å². The number of halogens is 3.